The Balaban J connectivity index is 1.45. The van der Waals surface area contributed by atoms with Crippen molar-refractivity contribution in [3.8, 4) is 39.4 Å². The average Bonchev–Trinajstić information content (AvgIpc) is 3.36. The fourth-order valence-electron chi connectivity index (χ4n) is 5.43. The molecule has 0 amide bonds. The molecule has 0 atom stereocenters. The van der Waals surface area contributed by atoms with E-state index in [2.05, 4.69) is 41.0 Å². The second-order valence-electron chi connectivity index (χ2n) is 8.90. The van der Waals surface area contributed by atoms with Crippen LogP contribution in [0.15, 0.2) is 127 Å². The summed E-state index contributed by atoms with van der Waals surface area (Å²) >= 11 is 0. The Bertz CT molecular complexity index is 2280. The summed E-state index contributed by atoms with van der Waals surface area (Å²) in [4.78, 5) is 0. The van der Waals surface area contributed by atoms with Crippen LogP contribution in [0.3, 0.4) is 0 Å². The maximum Gasteiger partial charge on any atom is 0.135 e. The summed E-state index contributed by atoms with van der Waals surface area (Å²) in [5, 5.41) is 2.51. The molecule has 6 aromatic carbocycles. The first kappa shape index (κ1) is 14.6. The highest BCUT2D eigenvalue weighted by Gasteiger charge is 2.21. The van der Waals surface area contributed by atoms with Crippen molar-refractivity contribution in [2.24, 2.45) is 0 Å². The quantitative estimate of drug-likeness (QED) is 0.248. The molecule has 0 fully saturated rings. The molecule has 0 spiro atoms. The first-order valence-electron chi connectivity index (χ1n) is 14.8. The van der Waals surface area contributed by atoms with Gasteiger partial charge in [-0.15, -0.1) is 0 Å². The van der Waals surface area contributed by atoms with E-state index in [-0.39, 0.29) is 52.8 Å². The van der Waals surface area contributed by atoms with Crippen molar-refractivity contribution in [3.63, 3.8) is 0 Å². The van der Waals surface area contributed by atoms with Gasteiger partial charge in [0.05, 0.1) is 19.3 Å². The van der Waals surface area contributed by atoms with Crippen LogP contribution in [0.4, 0.5) is 0 Å². The predicted molar refractivity (Wildman–Crippen MR) is 149 cm³/mol. The molecule has 0 saturated heterocycles. The standard InChI is InChI=1S/C34H21NO/c1-2-11-24(12-3-1)35-29-16-5-4-13-27(29)34-25(14-8-17-30(34)35)23-19-20-31-28(21-23)26-15-6-9-22-10-7-18-32(36-31)33(22)26/h1-21H/i6D,7D,9D,10D,15D,18D. The molecule has 1 aliphatic heterocycles. The van der Waals surface area contributed by atoms with Crippen molar-refractivity contribution in [2.75, 3.05) is 0 Å². The molecule has 0 aliphatic carbocycles. The molecule has 8 rings (SSSR count). The molecular formula is C34H21NO. The largest absolute Gasteiger partial charge is 0.456 e. The minimum Gasteiger partial charge on any atom is -0.456 e. The highest BCUT2D eigenvalue weighted by Crippen LogP contribution is 2.48. The van der Waals surface area contributed by atoms with Gasteiger partial charge in [-0.3, -0.25) is 0 Å². The number of rotatable bonds is 2. The maximum absolute atomic E-state index is 8.85. The van der Waals surface area contributed by atoms with Crippen LogP contribution in [0, 0.1) is 0 Å². The summed E-state index contributed by atoms with van der Waals surface area (Å²) in [6.45, 7) is 0. The van der Waals surface area contributed by atoms with E-state index in [4.69, 9.17) is 13.0 Å². The van der Waals surface area contributed by atoms with Crippen molar-refractivity contribution in [3.05, 3.63) is 127 Å². The molecule has 1 aliphatic rings. The second-order valence-corrected chi connectivity index (χ2v) is 8.90. The van der Waals surface area contributed by atoms with Gasteiger partial charge in [-0.05, 0) is 64.5 Å². The van der Waals surface area contributed by atoms with Gasteiger partial charge in [0.15, 0.2) is 0 Å². The van der Waals surface area contributed by atoms with Gasteiger partial charge in [0.1, 0.15) is 11.5 Å². The second kappa shape index (κ2) is 7.34. The Hall–Kier alpha value is -4.82. The van der Waals surface area contributed by atoms with Crippen molar-refractivity contribution >= 4 is 32.6 Å². The molecule has 0 N–H and O–H groups in total. The predicted octanol–water partition coefficient (Wildman–Crippen LogP) is 9.38. The number of benzene rings is 6. The maximum atomic E-state index is 8.85. The summed E-state index contributed by atoms with van der Waals surface area (Å²) in [6, 6.07) is 28.7. The minimum atomic E-state index is -0.365. The molecule has 36 heavy (non-hydrogen) atoms. The molecule has 2 nitrogen and oxygen atoms in total. The minimum absolute atomic E-state index is 0.0521. The Labute approximate surface area is 217 Å². The van der Waals surface area contributed by atoms with E-state index in [1.165, 1.54) is 0 Å². The van der Waals surface area contributed by atoms with Crippen LogP contribution in [0.1, 0.15) is 8.22 Å². The van der Waals surface area contributed by atoms with Gasteiger partial charge in [-0.25, -0.2) is 0 Å². The van der Waals surface area contributed by atoms with Gasteiger partial charge in [0, 0.05) is 27.4 Å². The Morgan fingerprint density at radius 3 is 2.31 bits per heavy atom. The van der Waals surface area contributed by atoms with E-state index in [9.17, 15) is 0 Å². The van der Waals surface area contributed by atoms with E-state index >= 15 is 0 Å². The Morgan fingerprint density at radius 1 is 0.583 bits per heavy atom. The zero-order valence-electron chi connectivity index (χ0n) is 25.0. The van der Waals surface area contributed by atoms with Crippen molar-refractivity contribution < 1.29 is 13.0 Å². The highest BCUT2D eigenvalue weighted by atomic mass is 16.5. The molecule has 168 valence electrons. The summed E-state index contributed by atoms with van der Waals surface area (Å²) in [6.07, 6.45) is 0. The van der Waals surface area contributed by atoms with Crippen molar-refractivity contribution in [1.82, 2.24) is 4.57 Å². The third-order valence-electron chi connectivity index (χ3n) is 6.95. The molecule has 2 heterocycles. The van der Waals surface area contributed by atoms with Gasteiger partial charge < -0.3 is 9.30 Å². The van der Waals surface area contributed by atoms with Crippen LogP contribution in [-0.4, -0.2) is 4.57 Å². The van der Waals surface area contributed by atoms with Crippen LogP contribution < -0.4 is 4.74 Å². The molecule has 0 bridgehead atoms. The molecule has 0 unspecified atom stereocenters. The van der Waals surface area contributed by atoms with Crippen LogP contribution in [0.2, 0.25) is 0 Å². The number of ether oxygens (including phenoxy) is 1. The number of nitrogens with zero attached hydrogens (tertiary/aromatic N) is 1. The van der Waals surface area contributed by atoms with Gasteiger partial charge in [-0.2, -0.15) is 0 Å². The number of para-hydroxylation sites is 2. The zero-order chi connectivity index (χ0) is 28.9. The van der Waals surface area contributed by atoms with Crippen LogP contribution in [-0.2, 0) is 0 Å². The fourth-order valence-corrected chi connectivity index (χ4v) is 5.43. The molecule has 1 aromatic heterocycles. The van der Waals surface area contributed by atoms with Crippen molar-refractivity contribution in [2.45, 2.75) is 0 Å². The smallest absolute Gasteiger partial charge is 0.135 e. The van der Waals surface area contributed by atoms with Gasteiger partial charge >= 0.3 is 0 Å². The SMILES string of the molecule is [2H]c1c([2H])c2c3c(c([2H])c([2H])c([2H])c3c1[2H])-c1cc(-c3cccc4c3c3ccccc3n4-c3ccccc3)ccc1O2. The summed E-state index contributed by atoms with van der Waals surface area (Å²) in [7, 11) is 0. The monoisotopic (exact) mass is 465 g/mol. The number of hydrogen-bond acceptors (Lipinski definition) is 1. The fraction of sp³-hybridized carbons (Fsp3) is 0. The third kappa shape index (κ3) is 2.67. The molecule has 0 saturated carbocycles. The summed E-state index contributed by atoms with van der Waals surface area (Å²) in [5.41, 5.74) is 5.97. The van der Waals surface area contributed by atoms with Crippen LogP contribution >= 0.6 is 0 Å². The average molecular weight is 466 g/mol. The van der Waals surface area contributed by atoms with Crippen LogP contribution in [0.25, 0.3) is 60.5 Å². The number of fused-ring (bicyclic) bond motifs is 5. The van der Waals surface area contributed by atoms with E-state index < -0.39 is 0 Å². The van der Waals surface area contributed by atoms with Gasteiger partial charge in [0.25, 0.3) is 0 Å². The van der Waals surface area contributed by atoms with Crippen LogP contribution in [0.5, 0.6) is 11.5 Å². The lowest BCUT2D eigenvalue weighted by Crippen LogP contribution is -1.97. The lowest BCUT2D eigenvalue weighted by atomic mass is 9.91. The van der Waals surface area contributed by atoms with Gasteiger partial charge in [0.2, 0.25) is 0 Å². The molecule has 0 radical (unpaired) electrons. The van der Waals surface area contributed by atoms with E-state index in [1.807, 2.05) is 48.5 Å². The highest BCUT2D eigenvalue weighted by molar-refractivity contribution is 6.16. The lowest BCUT2D eigenvalue weighted by molar-refractivity contribution is 0.487. The molecule has 7 aromatic rings. The summed E-state index contributed by atoms with van der Waals surface area (Å²) in [5.74, 6) is 0.457. The zero-order valence-corrected chi connectivity index (χ0v) is 19.0. The number of aromatic nitrogens is 1. The van der Waals surface area contributed by atoms with E-state index in [0.717, 1.165) is 38.6 Å². The first-order valence-corrected chi connectivity index (χ1v) is 11.8. The third-order valence-corrected chi connectivity index (χ3v) is 6.95. The molecule has 2 heteroatoms. The Morgan fingerprint density at radius 2 is 1.39 bits per heavy atom. The topological polar surface area (TPSA) is 14.2 Å². The normalized spacial score (nSPS) is 14.4. The van der Waals surface area contributed by atoms with Gasteiger partial charge in [-0.1, -0.05) is 84.8 Å². The Kier molecular flexibility index (Phi) is 2.97. The number of hydrogen-bond donors (Lipinski definition) is 0. The summed E-state index contributed by atoms with van der Waals surface area (Å²) < 4.78 is 59.5. The first-order chi connectivity index (χ1) is 20.4. The van der Waals surface area contributed by atoms with E-state index in [1.54, 1.807) is 6.07 Å². The van der Waals surface area contributed by atoms with E-state index in [0.29, 0.717) is 16.9 Å². The lowest BCUT2D eigenvalue weighted by Gasteiger charge is -2.22. The van der Waals surface area contributed by atoms with Crippen molar-refractivity contribution in [1.29, 1.82) is 0 Å². The molecular weight excluding hydrogens is 438 g/mol.